The number of rotatable bonds is 9. The molecule has 0 aliphatic heterocycles. The van der Waals surface area contributed by atoms with Gasteiger partial charge in [-0.25, -0.2) is 13.1 Å². The van der Waals surface area contributed by atoms with Gasteiger partial charge in [0.1, 0.15) is 0 Å². The van der Waals surface area contributed by atoms with Crippen molar-refractivity contribution in [3.05, 3.63) is 29.3 Å². The minimum Gasteiger partial charge on any atom is -0.326 e. The number of sulfonamides is 1. The molecule has 114 valence electrons. The van der Waals surface area contributed by atoms with Crippen LogP contribution in [-0.2, 0) is 16.6 Å². The van der Waals surface area contributed by atoms with Crippen LogP contribution in [0.15, 0.2) is 23.1 Å². The summed E-state index contributed by atoms with van der Waals surface area (Å²) in [6.07, 6.45) is 5.13. The van der Waals surface area contributed by atoms with Crippen molar-refractivity contribution in [2.45, 2.75) is 37.6 Å². The lowest BCUT2D eigenvalue weighted by Gasteiger charge is -2.09. The van der Waals surface area contributed by atoms with E-state index in [1.807, 2.05) is 18.7 Å². The Hall–Kier alpha value is -0.560. The van der Waals surface area contributed by atoms with Crippen molar-refractivity contribution >= 4 is 21.8 Å². The molecule has 0 fully saturated rings. The van der Waals surface area contributed by atoms with Crippen LogP contribution >= 0.6 is 11.8 Å². The Morgan fingerprint density at radius 3 is 2.65 bits per heavy atom. The molecule has 20 heavy (non-hydrogen) atoms. The van der Waals surface area contributed by atoms with Crippen LogP contribution in [0.1, 0.15) is 30.4 Å². The van der Waals surface area contributed by atoms with Crippen molar-refractivity contribution in [1.29, 1.82) is 0 Å². The predicted octanol–water partition coefficient (Wildman–Crippen LogP) is 2.27. The van der Waals surface area contributed by atoms with Crippen molar-refractivity contribution in [3.8, 4) is 0 Å². The normalized spacial score (nSPS) is 11.8. The summed E-state index contributed by atoms with van der Waals surface area (Å²) >= 11 is 1.82. The van der Waals surface area contributed by atoms with E-state index in [2.05, 4.69) is 11.0 Å². The zero-order valence-corrected chi connectivity index (χ0v) is 13.8. The van der Waals surface area contributed by atoms with Gasteiger partial charge in [-0.05, 0) is 55.0 Å². The minimum atomic E-state index is -3.41. The molecular weight excluding hydrogens is 292 g/mol. The van der Waals surface area contributed by atoms with E-state index in [0.29, 0.717) is 18.0 Å². The molecule has 0 saturated carbocycles. The fourth-order valence-electron chi connectivity index (χ4n) is 1.87. The molecule has 1 aromatic rings. The molecule has 0 heterocycles. The van der Waals surface area contributed by atoms with Gasteiger partial charge < -0.3 is 5.73 Å². The molecule has 3 N–H and O–H groups in total. The van der Waals surface area contributed by atoms with Gasteiger partial charge in [-0.2, -0.15) is 11.8 Å². The van der Waals surface area contributed by atoms with Crippen molar-refractivity contribution in [2.75, 3.05) is 18.6 Å². The van der Waals surface area contributed by atoms with Gasteiger partial charge in [-0.15, -0.1) is 0 Å². The molecule has 0 saturated heterocycles. The number of hydrogen-bond donors (Lipinski definition) is 2. The maximum atomic E-state index is 12.1. The van der Waals surface area contributed by atoms with Crippen LogP contribution in [0.5, 0.6) is 0 Å². The number of nitrogens with two attached hydrogens (primary N) is 1. The Labute approximate surface area is 126 Å². The lowest BCUT2D eigenvalue weighted by molar-refractivity contribution is 0.576. The highest BCUT2D eigenvalue weighted by molar-refractivity contribution is 7.98. The number of benzene rings is 1. The third kappa shape index (κ3) is 5.44. The lowest BCUT2D eigenvalue weighted by atomic mass is 10.1. The highest BCUT2D eigenvalue weighted by Gasteiger charge is 2.14. The van der Waals surface area contributed by atoms with Crippen LogP contribution in [-0.4, -0.2) is 27.0 Å². The monoisotopic (exact) mass is 316 g/mol. The molecule has 0 amide bonds. The molecule has 4 nitrogen and oxygen atoms in total. The molecular formula is C14H24N2O2S2. The van der Waals surface area contributed by atoms with Crippen LogP contribution in [0.25, 0.3) is 0 Å². The molecule has 0 unspecified atom stereocenters. The molecule has 6 heteroatoms. The Bertz CT molecular complexity index is 516. The average Bonchev–Trinajstić information content (AvgIpc) is 2.43. The van der Waals surface area contributed by atoms with Gasteiger partial charge in [0, 0.05) is 13.1 Å². The van der Waals surface area contributed by atoms with E-state index >= 15 is 0 Å². The second kappa shape index (κ2) is 8.67. The second-order valence-corrected chi connectivity index (χ2v) is 7.50. The van der Waals surface area contributed by atoms with Gasteiger partial charge in [-0.3, -0.25) is 0 Å². The first kappa shape index (κ1) is 17.5. The van der Waals surface area contributed by atoms with Gasteiger partial charge in [0.05, 0.1) is 4.90 Å². The van der Waals surface area contributed by atoms with Gasteiger partial charge in [-0.1, -0.05) is 12.5 Å². The van der Waals surface area contributed by atoms with E-state index in [1.54, 1.807) is 18.2 Å². The Balaban J connectivity index is 2.56. The van der Waals surface area contributed by atoms with Gasteiger partial charge >= 0.3 is 0 Å². The predicted molar refractivity (Wildman–Crippen MR) is 86.5 cm³/mol. The summed E-state index contributed by atoms with van der Waals surface area (Å²) in [6, 6.07) is 5.09. The molecule has 0 aromatic heterocycles. The fraction of sp³-hybridized carbons (Fsp3) is 0.571. The van der Waals surface area contributed by atoms with Crippen LogP contribution in [0.3, 0.4) is 0 Å². The SMILES string of the molecule is CSCCCCCNS(=O)(=O)c1ccc(C)c(CN)c1. The number of thioether (sulfide) groups is 1. The quantitative estimate of drug-likeness (QED) is 0.686. The molecule has 1 aromatic carbocycles. The molecule has 1 rings (SSSR count). The van der Waals surface area contributed by atoms with Gasteiger partial charge in [0.2, 0.25) is 10.0 Å². The van der Waals surface area contributed by atoms with Gasteiger partial charge in [0.15, 0.2) is 0 Å². The van der Waals surface area contributed by atoms with Gasteiger partial charge in [0.25, 0.3) is 0 Å². The summed E-state index contributed by atoms with van der Waals surface area (Å²) in [6.45, 7) is 2.77. The molecule has 0 aliphatic rings. The summed E-state index contributed by atoms with van der Waals surface area (Å²) in [5.41, 5.74) is 7.50. The minimum absolute atomic E-state index is 0.299. The van der Waals surface area contributed by atoms with E-state index in [-0.39, 0.29) is 0 Å². The summed E-state index contributed by atoms with van der Waals surface area (Å²) in [7, 11) is -3.41. The third-order valence-corrected chi connectivity index (χ3v) is 5.32. The zero-order valence-electron chi connectivity index (χ0n) is 12.2. The Kier molecular flexibility index (Phi) is 7.58. The van der Waals surface area contributed by atoms with E-state index < -0.39 is 10.0 Å². The molecule has 0 radical (unpaired) electrons. The van der Waals surface area contributed by atoms with E-state index in [9.17, 15) is 8.42 Å². The maximum absolute atomic E-state index is 12.1. The van der Waals surface area contributed by atoms with E-state index in [0.717, 1.165) is 36.1 Å². The molecule has 0 bridgehead atoms. The highest BCUT2D eigenvalue weighted by atomic mass is 32.2. The molecule has 0 aliphatic carbocycles. The molecule has 0 atom stereocenters. The third-order valence-electron chi connectivity index (χ3n) is 3.17. The first-order valence-electron chi connectivity index (χ1n) is 6.79. The maximum Gasteiger partial charge on any atom is 0.240 e. The Morgan fingerprint density at radius 1 is 1.25 bits per heavy atom. The first-order chi connectivity index (χ1) is 9.51. The lowest BCUT2D eigenvalue weighted by Crippen LogP contribution is -2.25. The summed E-state index contributed by atoms with van der Waals surface area (Å²) in [5, 5.41) is 0. The van der Waals surface area contributed by atoms with E-state index in [4.69, 9.17) is 5.73 Å². The summed E-state index contributed by atoms with van der Waals surface area (Å²) < 4.78 is 26.9. The van der Waals surface area contributed by atoms with Crippen molar-refractivity contribution in [1.82, 2.24) is 4.72 Å². The average molecular weight is 316 g/mol. The number of hydrogen-bond acceptors (Lipinski definition) is 4. The standard InChI is InChI=1S/C14H24N2O2S2/c1-12-6-7-14(10-13(12)11-15)20(17,18)16-8-4-3-5-9-19-2/h6-7,10,16H,3-5,8-9,11,15H2,1-2H3. The zero-order chi connectivity index (χ0) is 15.0. The van der Waals surface area contributed by atoms with E-state index in [1.165, 1.54) is 0 Å². The summed E-state index contributed by atoms with van der Waals surface area (Å²) in [4.78, 5) is 0.299. The number of nitrogens with one attached hydrogen (secondary N) is 1. The van der Waals surface area contributed by atoms with Crippen LogP contribution < -0.4 is 10.5 Å². The topological polar surface area (TPSA) is 72.2 Å². The first-order valence-corrected chi connectivity index (χ1v) is 9.67. The van der Waals surface area contributed by atoms with Crippen molar-refractivity contribution < 1.29 is 8.42 Å². The van der Waals surface area contributed by atoms with Crippen LogP contribution in [0, 0.1) is 6.92 Å². The Morgan fingerprint density at radius 2 is 2.00 bits per heavy atom. The number of unbranched alkanes of at least 4 members (excludes halogenated alkanes) is 2. The largest absolute Gasteiger partial charge is 0.326 e. The van der Waals surface area contributed by atoms with Crippen molar-refractivity contribution in [3.63, 3.8) is 0 Å². The highest BCUT2D eigenvalue weighted by Crippen LogP contribution is 2.15. The van der Waals surface area contributed by atoms with Crippen molar-refractivity contribution in [2.24, 2.45) is 5.73 Å². The molecule has 0 spiro atoms. The number of aryl methyl sites for hydroxylation is 1. The fourth-order valence-corrected chi connectivity index (χ4v) is 3.49. The summed E-state index contributed by atoms with van der Waals surface area (Å²) in [5.74, 6) is 1.13. The smallest absolute Gasteiger partial charge is 0.240 e. The van der Waals surface area contributed by atoms with Crippen LogP contribution in [0.4, 0.5) is 0 Å². The second-order valence-electron chi connectivity index (χ2n) is 4.74. The van der Waals surface area contributed by atoms with Crippen LogP contribution in [0.2, 0.25) is 0 Å².